The highest BCUT2D eigenvalue weighted by Crippen LogP contribution is 2.30. The van der Waals surface area contributed by atoms with Gasteiger partial charge >= 0.3 is 6.09 Å². The Hall–Kier alpha value is -2.54. The molecule has 3 rings (SSSR count). The molecule has 1 heterocycles. The monoisotopic (exact) mass is 416 g/mol. The van der Waals surface area contributed by atoms with Gasteiger partial charge in [-0.25, -0.2) is 13.2 Å². The highest BCUT2D eigenvalue weighted by molar-refractivity contribution is 7.90. The average molecular weight is 417 g/mol. The molecule has 0 bridgehead atoms. The van der Waals surface area contributed by atoms with E-state index in [1.165, 1.54) is 6.26 Å². The second kappa shape index (κ2) is 8.86. The SMILES string of the molecule is CC(C)COC(=O)N1CCN(c2cccc(S(C)(=O)=O)c2)CC1c1ccccc1. The lowest BCUT2D eigenvalue weighted by molar-refractivity contribution is 0.0728. The van der Waals surface area contributed by atoms with Gasteiger partial charge in [0.25, 0.3) is 0 Å². The first kappa shape index (κ1) is 21.2. The third kappa shape index (κ3) is 5.29. The third-order valence-electron chi connectivity index (χ3n) is 4.95. The van der Waals surface area contributed by atoms with Gasteiger partial charge in [0.2, 0.25) is 0 Å². The first-order valence-electron chi connectivity index (χ1n) is 9.79. The first-order chi connectivity index (χ1) is 13.8. The molecule has 0 spiro atoms. The van der Waals surface area contributed by atoms with Crippen LogP contribution in [-0.2, 0) is 14.6 Å². The molecule has 1 saturated heterocycles. The van der Waals surface area contributed by atoms with Crippen molar-refractivity contribution in [1.29, 1.82) is 0 Å². The summed E-state index contributed by atoms with van der Waals surface area (Å²) in [6.45, 7) is 6.07. The number of benzene rings is 2. The number of ether oxygens (including phenoxy) is 1. The van der Waals surface area contributed by atoms with Crippen LogP contribution in [0.25, 0.3) is 0 Å². The van der Waals surface area contributed by atoms with Crippen molar-refractivity contribution in [2.75, 3.05) is 37.4 Å². The molecule has 2 aromatic carbocycles. The number of carbonyl (C=O) groups is 1. The second-order valence-electron chi connectivity index (χ2n) is 7.81. The highest BCUT2D eigenvalue weighted by Gasteiger charge is 2.33. The lowest BCUT2D eigenvalue weighted by Gasteiger charge is -2.42. The van der Waals surface area contributed by atoms with Crippen molar-refractivity contribution in [2.24, 2.45) is 5.92 Å². The molecular formula is C22H28N2O4S. The lowest BCUT2D eigenvalue weighted by Crippen LogP contribution is -2.51. The quantitative estimate of drug-likeness (QED) is 0.743. The molecule has 1 atom stereocenters. The second-order valence-corrected chi connectivity index (χ2v) is 9.82. The molecule has 29 heavy (non-hydrogen) atoms. The maximum atomic E-state index is 12.7. The Kier molecular flexibility index (Phi) is 6.47. The van der Waals surface area contributed by atoms with Crippen LogP contribution < -0.4 is 4.90 Å². The summed E-state index contributed by atoms with van der Waals surface area (Å²) in [6, 6.07) is 16.7. The summed E-state index contributed by atoms with van der Waals surface area (Å²) in [6.07, 6.45) is 0.902. The number of anilines is 1. The summed E-state index contributed by atoms with van der Waals surface area (Å²) in [5, 5.41) is 0. The van der Waals surface area contributed by atoms with Crippen molar-refractivity contribution in [3.8, 4) is 0 Å². The van der Waals surface area contributed by atoms with Crippen molar-refractivity contribution >= 4 is 21.6 Å². The molecule has 7 heteroatoms. The number of piperazine rings is 1. The van der Waals surface area contributed by atoms with Crippen LogP contribution in [0.3, 0.4) is 0 Å². The van der Waals surface area contributed by atoms with E-state index >= 15 is 0 Å². The summed E-state index contributed by atoms with van der Waals surface area (Å²) in [7, 11) is -3.28. The predicted octanol–water partition coefficient (Wildman–Crippen LogP) is 3.75. The molecule has 1 fully saturated rings. The van der Waals surface area contributed by atoms with Crippen molar-refractivity contribution in [3.05, 3.63) is 60.2 Å². The molecule has 0 saturated carbocycles. The Labute approximate surface area is 173 Å². The average Bonchev–Trinajstić information content (AvgIpc) is 2.71. The Morgan fingerprint density at radius 2 is 1.83 bits per heavy atom. The van der Waals surface area contributed by atoms with E-state index in [0.717, 1.165) is 11.3 Å². The molecule has 1 aliphatic rings. The summed E-state index contributed by atoms with van der Waals surface area (Å²) >= 11 is 0. The molecule has 0 N–H and O–H groups in total. The van der Waals surface area contributed by atoms with Gasteiger partial charge in [-0.05, 0) is 29.7 Å². The van der Waals surface area contributed by atoms with Crippen molar-refractivity contribution < 1.29 is 17.9 Å². The summed E-state index contributed by atoms with van der Waals surface area (Å²) in [4.78, 5) is 16.9. The number of rotatable bonds is 5. The standard InChI is InChI=1S/C22H28N2O4S/c1-17(2)16-28-22(25)24-13-12-23(15-21(24)18-8-5-4-6-9-18)19-10-7-11-20(14-19)29(3,26)27/h4-11,14,17,21H,12-13,15-16H2,1-3H3. The van der Waals surface area contributed by atoms with Gasteiger partial charge in [-0.15, -0.1) is 0 Å². The summed E-state index contributed by atoms with van der Waals surface area (Å²) < 4.78 is 29.4. The molecule has 1 unspecified atom stereocenters. The number of amides is 1. The van der Waals surface area contributed by atoms with Gasteiger partial charge in [0.15, 0.2) is 9.84 Å². The van der Waals surface area contributed by atoms with E-state index in [0.29, 0.717) is 31.1 Å². The molecule has 2 aromatic rings. The van der Waals surface area contributed by atoms with Crippen molar-refractivity contribution in [2.45, 2.75) is 24.8 Å². The minimum atomic E-state index is -3.28. The normalized spacial score (nSPS) is 17.4. The molecular weight excluding hydrogens is 388 g/mol. The van der Waals surface area contributed by atoms with Crippen molar-refractivity contribution in [1.82, 2.24) is 4.90 Å². The molecule has 6 nitrogen and oxygen atoms in total. The van der Waals surface area contributed by atoms with Crippen LogP contribution in [0.4, 0.5) is 10.5 Å². The fourth-order valence-corrected chi connectivity index (χ4v) is 4.09. The number of sulfone groups is 1. The van der Waals surface area contributed by atoms with Gasteiger partial charge in [0, 0.05) is 31.6 Å². The largest absolute Gasteiger partial charge is 0.449 e. The van der Waals surface area contributed by atoms with Crippen LogP contribution in [0.2, 0.25) is 0 Å². The molecule has 1 amide bonds. The number of hydrogen-bond donors (Lipinski definition) is 0. The molecule has 1 aliphatic heterocycles. The zero-order valence-electron chi connectivity index (χ0n) is 17.1. The van der Waals surface area contributed by atoms with Gasteiger partial charge in [-0.2, -0.15) is 0 Å². The van der Waals surface area contributed by atoms with E-state index in [-0.39, 0.29) is 18.1 Å². The molecule has 0 radical (unpaired) electrons. The topological polar surface area (TPSA) is 66.9 Å². The van der Waals surface area contributed by atoms with Crippen molar-refractivity contribution in [3.63, 3.8) is 0 Å². The first-order valence-corrected chi connectivity index (χ1v) is 11.7. The summed E-state index contributed by atoms with van der Waals surface area (Å²) in [5.41, 5.74) is 1.86. The highest BCUT2D eigenvalue weighted by atomic mass is 32.2. The van der Waals surface area contributed by atoms with E-state index in [9.17, 15) is 13.2 Å². The van der Waals surface area contributed by atoms with Crippen LogP contribution in [0.1, 0.15) is 25.5 Å². The van der Waals surface area contributed by atoms with Crippen LogP contribution in [0.15, 0.2) is 59.5 Å². The minimum absolute atomic E-state index is 0.175. The van der Waals surface area contributed by atoms with E-state index in [1.54, 1.807) is 23.1 Å². The van der Waals surface area contributed by atoms with Crippen LogP contribution in [-0.4, -0.2) is 51.9 Å². The number of nitrogens with zero attached hydrogens (tertiary/aromatic N) is 2. The third-order valence-corrected chi connectivity index (χ3v) is 6.06. The molecule has 0 aliphatic carbocycles. The minimum Gasteiger partial charge on any atom is -0.449 e. The van der Waals surface area contributed by atoms with Gasteiger partial charge in [0.05, 0.1) is 17.5 Å². The fourth-order valence-electron chi connectivity index (χ4n) is 3.43. The molecule has 0 aromatic heterocycles. The van der Waals surface area contributed by atoms with Crippen LogP contribution in [0.5, 0.6) is 0 Å². The Morgan fingerprint density at radius 1 is 1.10 bits per heavy atom. The number of hydrogen-bond acceptors (Lipinski definition) is 5. The predicted molar refractivity (Wildman–Crippen MR) is 114 cm³/mol. The smallest absolute Gasteiger partial charge is 0.410 e. The van der Waals surface area contributed by atoms with Gasteiger partial charge in [0.1, 0.15) is 0 Å². The fraction of sp³-hybridized carbons (Fsp3) is 0.409. The van der Waals surface area contributed by atoms with E-state index in [1.807, 2.05) is 50.2 Å². The zero-order chi connectivity index (χ0) is 21.0. The maximum Gasteiger partial charge on any atom is 0.410 e. The van der Waals surface area contributed by atoms with E-state index < -0.39 is 9.84 Å². The van der Waals surface area contributed by atoms with Gasteiger partial charge in [-0.3, -0.25) is 4.90 Å². The Morgan fingerprint density at radius 3 is 2.48 bits per heavy atom. The number of carbonyl (C=O) groups excluding carboxylic acids is 1. The zero-order valence-corrected chi connectivity index (χ0v) is 17.9. The summed E-state index contributed by atoms with van der Waals surface area (Å²) in [5.74, 6) is 0.272. The Bertz CT molecular complexity index is 944. The Balaban J connectivity index is 1.86. The van der Waals surface area contributed by atoms with Gasteiger partial charge < -0.3 is 9.64 Å². The lowest BCUT2D eigenvalue weighted by atomic mass is 10.0. The van der Waals surface area contributed by atoms with E-state index in [2.05, 4.69) is 4.90 Å². The van der Waals surface area contributed by atoms with E-state index in [4.69, 9.17) is 4.74 Å². The maximum absolute atomic E-state index is 12.7. The van der Waals surface area contributed by atoms with Crippen LogP contribution in [0, 0.1) is 5.92 Å². The molecule has 156 valence electrons. The van der Waals surface area contributed by atoms with Gasteiger partial charge in [-0.1, -0.05) is 50.2 Å². The van der Waals surface area contributed by atoms with Crippen LogP contribution >= 0.6 is 0 Å².